The van der Waals surface area contributed by atoms with Gasteiger partial charge >= 0.3 is 0 Å². The van der Waals surface area contributed by atoms with Crippen molar-refractivity contribution < 1.29 is 19.1 Å². The Kier molecular flexibility index (Phi) is 9.06. The van der Waals surface area contributed by atoms with E-state index in [0.717, 1.165) is 22.5 Å². The van der Waals surface area contributed by atoms with Crippen molar-refractivity contribution in [1.29, 1.82) is 0 Å². The maximum atomic E-state index is 12.4. The Morgan fingerprint density at radius 2 is 1.82 bits per heavy atom. The molecule has 1 heterocycles. The topological polar surface area (TPSA) is 107 Å². The highest BCUT2D eigenvalue weighted by Crippen LogP contribution is 2.26. The monoisotopic (exact) mass is 483 g/mol. The minimum absolute atomic E-state index is 0.0972. The van der Waals surface area contributed by atoms with Gasteiger partial charge in [-0.1, -0.05) is 41.6 Å². The molecule has 0 atom stereocenters. The van der Waals surface area contributed by atoms with E-state index >= 15 is 0 Å². The fraction of sp³-hybridized carbons (Fsp3) is 0.333. The Labute approximate surface area is 203 Å². The Balaban J connectivity index is 1.58. The molecule has 2 N–H and O–H groups in total. The van der Waals surface area contributed by atoms with Gasteiger partial charge in [-0.25, -0.2) is 0 Å². The van der Waals surface area contributed by atoms with Gasteiger partial charge in [0.25, 0.3) is 0 Å². The number of ether oxygens (including phenoxy) is 2. The Hall–Kier alpha value is -3.37. The molecule has 0 saturated heterocycles. The van der Waals surface area contributed by atoms with Gasteiger partial charge in [0.15, 0.2) is 11.0 Å². The Morgan fingerprint density at radius 3 is 2.56 bits per heavy atom. The summed E-state index contributed by atoms with van der Waals surface area (Å²) in [7, 11) is 3.17. The molecule has 3 rings (SSSR count). The van der Waals surface area contributed by atoms with Gasteiger partial charge in [-0.3, -0.25) is 14.2 Å². The van der Waals surface area contributed by atoms with Crippen molar-refractivity contribution in [3.63, 3.8) is 0 Å². The van der Waals surface area contributed by atoms with Crippen LogP contribution in [0, 0.1) is 13.8 Å². The number of hydrogen-bond donors (Lipinski definition) is 2. The zero-order valence-electron chi connectivity index (χ0n) is 19.8. The minimum atomic E-state index is -0.341. The lowest BCUT2D eigenvalue weighted by molar-refractivity contribution is -0.122. The first kappa shape index (κ1) is 25.3. The first-order valence-electron chi connectivity index (χ1n) is 10.7. The van der Waals surface area contributed by atoms with E-state index in [1.54, 1.807) is 13.2 Å². The normalized spacial score (nSPS) is 10.7. The summed E-state index contributed by atoms with van der Waals surface area (Å²) in [5, 5.41) is 14.6. The number of benzene rings is 2. The van der Waals surface area contributed by atoms with Crippen molar-refractivity contribution in [2.75, 3.05) is 38.4 Å². The molecule has 0 aliphatic carbocycles. The number of amides is 2. The van der Waals surface area contributed by atoms with Crippen molar-refractivity contribution in [2.45, 2.75) is 25.5 Å². The van der Waals surface area contributed by atoms with E-state index in [-0.39, 0.29) is 24.1 Å². The van der Waals surface area contributed by atoms with E-state index in [4.69, 9.17) is 9.47 Å². The fourth-order valence-corrected chi connectivity index (χ4v) is 4.05. The number of aryl methyl sites for hydroxylation is 2. The third-order valence-corrected chi connectivity index (χ3v) is 5.89. The smallest absolute Gasteiger partial charge is 0.243 e. The molecule has 2 amide bonds. The van der Waals surface area contributed by atoms with Crippen LogP contribution >= 0.6 is 11.8 Å². The second-order valence-corrected chi connectivity index (χ2v) is 8.58. The summed E-state index contributed by atoms with van der Waals surface area (Å²) in [5.41, 5.74) is 3.61. The molecule has 2 aromatic carbocycles. The lowest BCUT2D eigenvalue weighted by Crippen LogP contribution is -2.34. The molecule has 0 spiro atoms. The third-order valence-electron chi connectivity index (χ3n) is 4.92. The van der Waals surface area contributed by atoms with Gasteiger partial charge in [-0.2, -0.15) is 0 Å². The van der Waals surface area contributed by atoms with E-state index < -0.39 is 0 Å². The fourth-order valence-electron chi connectivity index (χ4n) is 3.25. The highest BCUT2D eigenvalue weighted by Gasteiger charge is 2.16. The predicted molar refractivity (Wildman–Crippen MR) is 132 cm³/mol. The van der Waals surface area contributed by atoms with E-state index in [9.17, 15) is 9.59 Å². The van der Waals surface area contributed by atoms with Crippen molar-refractivity contribution in [1.82, 2.24) is 20.1 Å². The molecule has 10 heteroatoms. The van der Waals surface area contributed by atoms with E-state index in [1.807, 2.05) is 54.8 Å². The Bertz CT molecular complexity index is 1150. The number of anilines is 1. The van der Waals surface area contributed by atoms with Crippen molar-refractivity contribution in [3.05, 3.63) is 53.6 Å². The summed E-state index contributed by atoms with van der Waals surface area (Å²) in [4.78, 5) is 24.7. The van der Waals surface area contributed by atoms with Gasteiger partial charge in [0.1, 0.15) is 5.75 Å². The molecule has 1 aromatic heterocycles. The van der Waals surface area contributed by atoms with Crippen LogP contribution in [0.1, 0.15) is 11.1 Å². The molecule has 3 aromatic rings. The first-order valence-corrected chi connectivity index (χ1v) is 11.7. The summed E-state index contributed by atoms with van der Waals surface area (Å²) < 4.78 is 12.4. The summed E-state index contributed by atoms with van der Waals surface area (Å²) >= 11 is 1.26. The van der Waals surface area contributed by atoms with E-state index in [0.29, 0.717) is 29.7 Å². The molecule has 0 bridgehead atoms. The number of methoxy groups -OCH3 is 2. The number of nitrogens with zero attached hydrogens (tertiary/aromatic N) is 3. The molecule has 0 aliphatic heterocycles. The standard InChI is InChI=1S/C24H29N5O4S/c1-16-6-5-7-18(12-16)23-27-28-24(29(23)10-11-32-3)34-15-22(31)25-14-21(30)26-19-13-17(2)8-9-20(19)33-4/h5-9,12-13H,10-11,14-15H2,1-4H3,(H,25,31)(H,26,30). The van der Waals surface area contributed by atoms with Crippen molar-refractivity contribution in [3.8, 4) is 17.1 Å². The predicted octanol–water partition coefficient (Wildman–Crippen LogP) is 3.06. The van der Waals surface area contributed by atoms with E-state index in [1.165, 1.54) is 18.9 Å². The van der Waals surface area contributed by atoms with Gasteiger partial charge in [0, 0.05) is 12.7 Å². The van der Waals surface area contributed by atoms with Crippen LogP contribution in [0.15, 0.2) is 47.6 Å². The van der Waals surface area contributed by atoms with Crippen LogP contribution in [-0.4, -0.2) is 59.7 Å². The highest BCUT2D eigenvalue weighted by molar-refractivity contribution is 7.99. The number of thioether (sulfide) groups is 1. The van der Waals surface area contributed by atoms with Gasteiger partial charge in [-0.15, -0.1) is 10.2 Å². The average Bonchev–Trinajstić information content (AvgIpc) is 3.23. The molecule has 9 nitrogen and oxygen atoms in total. The van der Waals surface area contributed by atoms with Crippen LogP contribution in [0.25, 0.3) is 11.4 Å². The Morgan fingerprint density at radius 1 is 1.03 bits per heavy atom. The molecule has 0 saturated carbocycles. The molecule has 0 aliphatic rings. The molecular weight excluding hydrogens is 454 g/mol. The number of rotatable bonds is 11. The first-order chi connectivity index (χ1) is 16.4. The zero-order valence-corrected chi connectivity index (χ0v) is 20.6. The summed E-state index contributed by atoms with van der Waals surface area (Å²) in [5.74, 6) is 0.748. The lowest BCUT2D eigenvalue weighted by Gasteiger charge is -2.12. The maximum Gasteiger partial charge on any atom is 0.243 e. The van der Waals surface area contributed by atoms with Crippen LogP contribution in [0.3, 0.4) is 0 Å². The SMILES string of the molecule is COCCn1c(SCC(=O)NCC(=O)Nc2cc(C)ccc2OC)nnc1-c1cccc(C)c1. The highest BCUT2D eigenvalue weighted by atomic mass is 32.2. The van der Waals surface area contributed by atoms with Crippen LogP contribution in [0.4, 0.5) is 5.69 Å². The van der Waals surface area contributed by atoms with Crippen LogP contribution < -0.4 is 15.4 Å². The largest absolute Gasteiger partial charge is 0.495 e. The molecule has 34 heavy (non-hydrogen) atoms. The van der Waals surface area contributed by atoms with Crippen molar-refractivity contribution >= 4 is 29.3 Å². The lowest BCUT2D eigenvalue weighted by atomic mass is 10.1. The zero-order chi connectivity index (χ0) is 24.5. The van der Waals surface area contributed by atoms with Gasteiger partial charge < -0.3 is 20.1 Å². The molecule has 0 unspecified atom stereocenters. The molecule has 180 valence electrons. The number of hydrogen-bond acceptors (Lipinski definition) is 7. The number of aromatic nitrogens is 3. The molecule has 0 fully saturated rings. The molecular formula is C24H29N5O4S. The average molecular weight is 484 g/mol. The summed E-state index contributed by atoms with van der Waals surface area (Å²) in [6.45, 7) is 4.83. The maximum absolute atomic E-state index is 12.4. The third kappa shape index (κ3) is 6.82. The summed E-state index contributed by atoms with van der Waals surface area (Å²) in [6.07, 6.45) is 0. The van der Waals surface area contributed by atoms with Gasteiger partial charge in [0.05, 0.1) is 38.2 Å². The van der Waals surface area contributed by atoms with Crippen LogP contribution in [0.2, 0.25) is 0 Å². The number of carbonyl (C=O) groups excluding carboxylic acids is 2. The van der Waals surface area contributed by atoms with Crippen LogP contribution in [0.5, 0.6) is 5.75 Å². The summed E-state index contributed by atoms with van der Waals surface area (Å²) in [6, 6.07) is 13.5. The van der Waals surface area contributed by atoms with Gasteiger partial charge in [-0.05, 0) is 37.6 Å². The number of nitrogens with one attached hydrogen (secondary N) is 2. The van der Waals surface area contributed by atoms with E-state index in [2.05, 4.69) is 20.8 Å². The second-order valence-electron chi connectivity index (χ2n) is 7.64. The van der Waals surface area contributed by atoms with Crippen molar-refractivity contribution in [2.24, 2.45) is 0 Å². The van der Waals surface area contributed by atoms with Gasteiger partial charge in [0.2, 0.25) is 11.8 Å². The quantitative estimate of drug-likeness (QED) is 0.404. The molecule has 0 radical (unpaired) electrons. The van der Waals surface area contributed by atoms with Crippen LogP contribution in [-0.2, 0) is 20.9 Å². The number of carbonyl (C=O) groups is 2. The minimum Gasteiger partial charge on any atom is -0.495 e. The second kappa shape index (κ2) is 12.2.